The quantitative estimate of drug-likeness (QED) is 0.812. The number of carboxylic acids is 1. The summed E-state index contributed by atoms with van der Waals surface area (Å²) in [4.78, 5) is 10.8. The smallest absolute Gasteiger partial charge is 0.337 e. The number of carbonyl (C=O) groups is 1. The zero-order valence-corrected chi connectivity index (χ0v) is 12.5. The van der Waals surface area contributed by atoms with Gasteiger partial charge in [0.15, 0.2) is 0 Å². The van der Waals surface area contributed by atoms with Gasteiger partial charge in [0.05, 0.1) is 15.6 Å². The summed E-state index contributed by atoms with van der Waals surface area (Å²) in [5.41, 5.74) is 0.0226. The third kappa shape index (κ3) is 3.41. The minimum atomic E-state index is -1.09. The topological polar surface area (TPSA) is 46.5 Å². The molecule has 2 aromatic carbocycles. The Balaban J connectivity index is 2.31. The van der Waals surface area contributed by atoms with Gasteiger partial charge in [-0.1, -0.05) is 39.1 Å². The average Bonchev–Trinajstić information content (AvgIpc) is 2.33. The molecule has 0 saturated carbocycles. The Morgan fingerprint density at radius 3 is 2.47 bits per heavy atom. The van der Waals surface area contributed by atoms with Crippen molar-refractivity contribution < 1.29 is 14.6 Å². The zero-order chi connectivity index (χ0) is 14.0. The van der Waals surface area contributed by atoms with Gasteiger partial charge in [-0.2, -0.15) is 0 Å². The molecular weight excluding hydrogens is 355 g/mol. The van der Waals surface area contributed by atoms with Gasteiger partial charge < -0.3 is 9.84 Å². The van der Waals surface area contributed by atoms with Crippen LogP contribution < -0.4 is 4.74 Å². The van der Waals surface area contributed by atoms with Crippen molar-refractivity contribution in [3.05, 3.63) is 56.5 Å². The van der Waals surface area contributed by atoms with Crippen molar-refractivity contribution in [1.29, 1.82) is 0 Å². The van der Waals surface area contributed by atoms with Crippen molar-refractivity contribution >= 4 is 45.1 Å². The summed E-state index contributed by atoms with van der Waals surface area (Å²) in [6, 6.07) is 9.52. The van der Waals surface area contributed by atoms with E-state index in [9.17, 15) is 4.79 Å². The van der Waals surface area contributed by atoms with E-state index in [2.05, 4.69) is 15.9 Å². The van der Waals surface area contributed by atoms with Crippen molar-refractivity contribution in [1.82, 2.24) is 0 Å². The fourth-order valence-electron chi connectivity index (χ4n) is 1.42. The van der Waals surface area contributed by atoms with Crippen LogP contribution in [0.4, 0.5) is 0 Å². The Bertz CT molecular complexity index is 644. The molecular formula is C13H7BrCl2O3. The van der Waals surface area contributed by atoms with Crippen molar-refractivity contribution in [2.24, 2.45) is 0 Å². The summed E-state index contributed by atoms with van der Waals surface area (Å²) in [7, 11) is 0. The van der Waals surface area contributed by atoms with Gasteiger partial charge in [0, 0.05) is 10.5 Å². The molecule has 0 heterocycles. The molecule has 0 bridgehead atoms. The fraction of sp³-hybridized carbons (Fsp3) is 0. The molecule has 0 saturated heterocycles. The SMILES string of the molecule is O=C(O)c1ccc(Oc2cc(Br)ccc2Cl)cc1Cl. The van der Waals surface area contributed by atoms with E-state index in [0.717, 1.165) is 4.47 Å². The number of rotatable bonds is 3. The van der Waals surface area contributed by atoms with E-state index in [0.29, 0.717) is 16.5 Å². The second-order valence-electron chi connectivity index (χ2n) is 3.62. The van der Waals surface area contributed by atoms with E-state index in [1.165, 1.54) is 18.2 Å². The van der Waals surface area contributed by atoms with Crippen molar-refractivity contribution in [3.63, 3.8) is 0 Å². The molecule has 0 unspecified atom stereocenters. The normalized spacial score (nSPS) is 10.3. The van der Waals surface area contributed by atoms with E-state index >= 15 is 0 Å². The maximum absolute atomic E-state index is 10.8. The lowest BCUT2D eigenvalue weighted by Gasteiger charge is -2.09. The van der Waals surface area contributed by atoms with Crippen LogP contribution in [0, 0.1) is 0 Å². The Labute approximate surface area is 127 Å². The van der Waals surface area contributed by atoms with Crippen LogP contribution in [-0.2, 0) is 0 Å². The van der Waals surface area contributed by atoms with Crippen molar-refractivity contribution in [2.45, 2.75) is 0 Å². The number of aromatic carboxylic acids is 1. The van der Waals surface area contributed by atoms with Crippen molar-refractivity contribution in [3.8, 4) is 11.5 Å². The fourth-order valence-corrected chi connectivity index (χ4v) is 2.16. The number of hydrogen-bond acceptors (Lipinski definition) is 2. The molecule has 0 spiro atoms. The third-order valence-corrected chi connectivity index (χ3v) is 3.41. The largest absolute Gasteiger partial charge is 0.478 e. The van der Waals surface area contributed by atoms with Crippen LogP contribution in [0.2, 0.25) is 10.0 Å². The standard InChI is InChI=1S/C13H7BrCl2O3/c14-7-1-4-10(15)12(5-7)19-8-2-3-9(13(17)18)11(16)6-8/h1-6H,(H,17,18). The minimum Gasteiger partial charge on any atom is -0.478 e. The summed E-state index contributed by atoms with van der Waals surface area (Å²) < 4.78 is 6.39. The van der Waals surface area contributed by atoms with Crippen molar-refractivity contribution in [2.75, 3.05) is 0 Å². The molecule has 98 valence electrons. The van der Waals surface area contributed by atoms with Crippen LogP contribution in [-0.4, -0.2) is 11.1 Å². The van der Waals surface area contributed by atoms with Crippen LogP contribution in [0.15, 0.2) is 40.9 Å². The zero-order valence-electron chi connectivity index (χ0n) is 9.36. The number of ether oxygens (including phenoxy) is 1. The van der Waals surface area contributed by atoms with E-state index in [1.54, 1.807) is 18.2 Å². The first-order valence-electron chi connectivity index (χ1n) is 5.13. The van der Waals surface area contributed by atoms with E-state index < -0.39 is 5.97 Å². The molecule has 1 N–H and O–H groups in total. The van der Waals surface area contributed by atoms with Crippen LogP contribution in [0.25, 0.3) is 0 Å². The molecule has 0 aliphatic carbocycles. The Morgan fingerprint density at radius 1 is 1.11 bits per heavy atom. The van der Waals surface area contributed by atoms with Gasteiger partial charge in [0.25, 0.3) is 0 Å². The Morgan fingerprint density at radius 2 is 1.84 bits per heavy atom. The molecule has 2 aromatic rings. The molecule has 0 atom stereocenters. The van der Waals surface area contributed by atoms with E-state index in [1.807, 2.05) is 0 Å². The van der Waals surface area contributed by atoms with Crippen LogP contribution in [0.3, 0.4) is 0 Å². The highest BCUT2D eigenvalue weighted by molar-refractivity contribution is 9.10. The second kappa shape index (κ2) is 5.82. The summed E-state index contributed by atoms with van der Waals surface area (Å²) in [6.07, 6.45) is 0. The lowest BCUT2D eigenvalue weighted by molar-refractivity contribution is 0.0697. The van der Waals surface area contributed by atoms with Crippen LogP contribution in [0.5, 0.6) is 11.5 Å². The molecule has 19 heavy (non-hydrogen) atoms. The maximum Gasteiger partial charge on any atom is 0.337 e. The van der Waals surface area contributed by atoms with Gasteiger partial charge in [-0.05, 0) is 30.3 Å². The third-order valence-electron chi connectivity index (χ3n) is 2.29. The lowest BCUT2D eigenvalue weighted by Crippen LogP contribution is -1.97. The average molecular weight is 362 g/mol. The van der Waals surface area contributed by atoms with Gasteiger partial charge in [-0.25, -0.2) is 4.79 Å². The predicted molar refractivity (Wildman–Crippen MR) is 77.6 cm³/mol. The summed E-state index contributed by atoms with van der Waals surface area (Å²) >= 11 is 15.2. The number of benzene rings is 2. The Kier molecular flexibility index (Phi) is 4.34. The molecule has 3 nitrogen and oxygen atoms in total. The second-order valence-corrected chi connectivity index (χ2v) is 5.35. The first-order valence-corrected chi connectivity index (χ1v) is 6.68. The molecule has 6 heteroatoms. The first kappa shape index (κ1) is 14.2. The molecule has 0 amide bonds. The summed E-state index contributed by atoms with van der Waals surface area (Å²) in [6.45, 7) is 0. The monoisotopic (exact) mass is 360 g/mol. The molecule has 0 aliphatic rings. The van der Waals surface area contributed by atoms with Crippen LogP contribution >= 0.6 is 39.1 Å². The lowest BCUT2D eigenvalue weighted by atomic mass is 10.2. The first-order chi connectivity index (χ1) is 8.97. The van der Waals surface area contributed by atoms with Gasteiger partial charge >= 0.3 is 5.97 Å². The highest BCUT2D eigenvalue weighted by Crippen LogP contribution is 2.33. The number of carboxylic acid groups (broad SMARTS) is 1. The predicted octanol–water partition coefficient (Wildman–Crippen LogP) is 5.25. The van der Waals surface area contributed by atoms with E-state index in [-0.39, 0.29) is 10.6 Å². The van der Waals surface area contributed by atoms with Gasteiger partial charge in [0.2, 0.25) is 0 Å². The maximum atomic E-state index is 10.8. The summed E-state index contributed by atoms with van der Waals surface area (Å²) in [5.74, 6) is -0.220. The van der Waals surface area contributed by atoms with E-state index in [4.69, 9.17) is 33.0 Å². The number of hydrogen-bond donors (Lipinski definition) is 1. The molecule has 0 fully saturated rings. The van der Waals surface area contributed by atoms with Crippen LogP contribution in [0.1, 0.15) is 10.4 Å². The minimum absolute atomic E-state index is 0.0226. The molecule has 0 radical (unpaired) electrons. The molecule has 0 aliphatic heterocycles. The van der Waals surface area contributed by atoms with Gasteiger partial charge in [-0.15, -0.1) is 0 Å². The Hall–Kier alpha value is -1.23. The van der Waals surface area contributed by atoms with Gasteiger partial charge in [-0.3, -0.25) is 0 Å². The highest BCUT2D eigenvalue weighted by Gasteiger charge is 2.11. The summed E-state index contributed by atoms with van der Waals surface area (Å²) in [5, 5.41) is 9.43. The van der Waals surface area contributed by atoms with Gasteiger partial charge in [0.1, 0.15) is 11.5 Å². The number of halogens is 3. The highest BCUT2D eigenvalue weighted by atomic mass is 79.9. The molecule has 2 rings (SSSR count). The molecule has 0 aromatic heterocycles.